The van der Waals surface area contributed by atoms with Crippen LogP contribution in [0.4, 0.5) is 0 Å². The van der Waals surface area contributed by atoms with Crippen molar-refractivity contribution in [1.82, 2.24) is 15.0 Å². The number of hydrogen-bond donors (Lipinski definition) is 1. The van der Waals surface area contributed by atoms with Crippen molar-refractivity contribution < 1.29 is 0 Å². The average Bonchev–Trinajstić information content (AvgIpc) is 3.21. The Hall–Kier alpha value is -1.95. The van der Waals surface area contributed by atoms with Crippen LogP contribution in [0.25, 0.3) is 0 Å². The summed E-state index contributed by atoms with van der Waals surface area (Å²) in [4.78, 5) is 4.48. The van der Waals surface area contributed by atoms with Gasteiger partial charge in [0, 0.05) is 31.3 Å². The Morgan fingerprint density at radius 2 is 2.30 bits per heavy atom. The van der Waals surface area contributed by atoms with Crippen molar-refractivity contribution in [2.75, 3.05) is 0 Å². The number of aryl methyl sites for hydroxylation is 2. The second-order valence-corrected chi connectivity index (χ2v) is 6.24. The molecular weight excluding hydrogens is 306 g/mol. The number of aliphatic imine (C=N–C) groups is 1. The molecule has 0 aliphatic carbocycles. The molecule has 5 nitrogen and oxygen atoms in total. The number of allylic oxidation sites excluding steroid dienone is 2. The monoisotopic (exact) mass is 331 g/mol. The third-order valence-electron chi connectivity index (χ3n) is 3.50. The van der Waals surface area contributed by atoms with E-state index in [1.165, 1.54) is 5.56 Å². The molecule has 2 heterocycles. The Balaban J connectivity index is 1.89. The average molecular weight is 331 g/mol. The minimum absolute atomic E-state index is 0.708. The highest BCUT2D eigenvalue weighted by molar-refractivity contribution is 7.07. The van der Waals surface area contributed by atoms with E-state index in [9.17, 15) is 0 Å². The summed E-state index contributed by atoms with van der Waals surface area (Å²) in [5, 5.41) is 12.7. The van der Waals surface area contributed by atoms with Crippen LogP contribution in [-0.2, 0) is 19.4 Å². The molecule has 2 N–H and O–H groups in total. The van der Waals surface area contributed by atoms with Crippen LogP contribution < -0.4 is 5.73 Å². The number of hydrogen-bond acceptors (Lipinski definition) is 4. The number of nitrogens with two attached hydrogens (primary N) is 1. The first-order valence-electron chi connectivity index (χ1n) is 8.13. The Kier molecular flexibility index (Phi) is 7.00. The smallest absolute Gasteiger partial charge is 0.0992 e. The van der Waals surface area contributed by atoms with Gasteiger partial charge in [-0.15, -0.1) is 5.10 Å². The summed E-state index contributed by atoms with van der Waals surface area (Å²) in [6.07, 6.45) is 8.56. The predicted molar refractivity (Wildman–Crippen MR) is 96.7 cm³/mol. The first kappa shape index (κ1) is 17.4. The van der Waals surface area contributed by atoms with Gasteiger partial charge < -0.3 is 5.73 Å². The molecule has 2 aromatic rings. The normalized spacial score (nSPS) is 12.8. The fourth-order valence-electron chi connectivity index (χ4n) is 2.21. The van der Waals surface area contributed by atoms with Gasteiger partial charge in [-0.1, -0.05) is 25.1 Å². The lowest BCUT2D eigenvalue weighted by Gasteiger charge is -2.01. The molecule has 0 radical (unpaired) electrons. The Bertz CT molecular complexity index is 640. The standard InChI is InChI=1S/C17H25N5S/c1-3-5-17(18)19-15(4-2)6-7-16-12-22(21-20-16)10-8-14-9-11-23-13-14/h6,9,11-13H,3-5,7-8,10H2,1-2H3,(H2,18,19)/b15-6+. The van der Waals surface area contributed by atoms with Crippen molar-refractivity contribution in [2.45, 2.75) is 52.5 Å². The van der Waals surface area contributed by atoms with Gasteiger partial charge in [-0.05, 0) is 41.7 Å². The Labute approximate surface area is 141 Å². The molecule has 0 saturated heterocycles. The fraction of sp³-hybridized carbons (Fsp3) is 0.471. The highest BCUT2D eigenvalue weighted by Crippen LogP contribution is 2.09. The summed E-state index contributed by atoms with van der Waals surface area (Å²) in [6, 6.07) is 2.15. The number of amidine groups is 1. The van der Waals surface area contributed by atoms with Crippen molar-refractivity contribution in [3.8, 4) is 0 Å². The minimum atomic E-state index is 0.708. The summed E-state index contributed by atoms with van der Waals surface area (Å²) < 4.78 is 1.90. The van der Waals surface area contributed by atoms with Crippen molar-refractivity contribution in [3.63, 3.8) is 0 Å². The van der Waals surface area contributed by atoms with Crippen LogP contribution in [0.2, 0.25) is 0 Å². The lowest BCUT2D eigenvalue weighted by Crippen LogP contribution is -2.11. The van der Waals surface area contributed by atoms with Gasteiger partial charge in [0.2, 0.25) is 0 Å². The maximum atomic E-state index is 5.90. The number of aromatic nitrogens is 3. The molecule has 124 valence electrons. The third kappa shape index (κ3) is 5.98. The fourth-order valence-corrected chi connectivity index (χ4v) is 2.91. The van der Waals surface area contributed by atoms with E-state index in [2.05, 4.69) is 52.1 Å². The first-order valence-corrected chi connectivity index (χ1v) is 9.07. The first-order chi connectivity index (χ1) is 11.2. The summed E-state index contributed by atoms with van der Waals surface area (Å²) >= 11 is 1.73. The van der Waals surface area contributed by atoms with Gasteiger partial charge in [0.15, 0.2) is 0 Å². The quantitative estimate of drug-likeness (QED) is 0.564. The van der Waals surface area contributed by atoms with Gasteiger partial charge in [0.05, 0.1) is 11.5 Å². The highest BCUT2D eigenvalue weighted by atomic mass is 32.1. The van der Waals surface area contributed by atoms with Crippen molar-refractivity contribution in [3.05, 3.63) is 46.1 Å². The Morgan fingerprint density at radius 3 is 3.00 bits per heavy atom. The van der Waals surface area contributed by atoms with Crippen LogP contribution in [0.15, 0.2) is 39.8 Å². The van der Waals surface area contributed by atoms with Crippen LogP contribution in [-0.4, -0.2) is 20.8 Å². The lowest BCUT2D eigenvalue weighted by molar-refractivity contribution is 0.589. The van der Waals surface area contributed by atoms with Crippen LogP contribution >= 0.6 is 11.3 Å². The molecule has 0 unspecified atom stereocenters. The van der Waals surface area contributed by atoms with Crippen LogP contribution in [0.1, 0.15) is 44.4 Å². The molecule has 6 heteroatoms. The maximum absolute atomic E-state index is 5.90. The van der Waals surface area contributed by atoms with Crippen molar-refractivity contribution in [1.29, 1.82) is 0 Å². The molecule has 0 aliphatic heterocycles. The van der Waals surface area contributed by atoms with E-state index in [-0.39, 0.29) is 0 Å². The van der Waals surface area contributed by atoms with E-state index >= 15 is 0 Å². The molecule has 0 amide bonds. The zero-order valence-electron chi connectivity index (χ0n) is 13.9. The van der Waals surface area contributed by atoms with Crippen LogP contribution in [0, 0.1) is 0 Å². The van der Waals surface area contributed by atoms with Crippen LogP contribution in [0.5, 0.6) is 0 Å². The van der Waals surface area contributed by atoms with E-state index in [4.69, 9.17) is 5.73 Å². The largest absolute Gasteiger partial charge is 0.387 e. The second-order valence-electron chi connectivity index (χ2n) is 5.46. The topological polar surface area (TPSA) is 69.1 Å². The van der Waals surface area contributed by atoms with Gasteiger partial charge in [0.25, 0.3) is 0 Å². The second kappa shape index (κ2) is 9.25. The van der Waals surface area contributed by atoms with E-state index in [0.29, 0.717) is 5.84 Å². The molecule has 0 aromatic carbocycles. The Morgan fingerprint density at radius 1 is 1.43 bits per heavy atom. The van der Waals surface area contributed by atoms with E-state index in [0.717, 1.165) is 50.0 Å². The van der Waals surface area contributed by atoms with Crippen molar-refractivity contribution in [2.24, 2.45) is 10.7 Å². The lowest BCUT2D eigenvalue weighted by atomic mass is 10.2. The summed E-state index contributed by atoms with van der Waals surface area (Å²) in [5.41, 5.74) is 9.23. The molecule has 23 heavy (non-hydrogen) atoms. The summed E-state index contributed by atoms with van der Waals surface area (Å²) in [6.45, 7) is 5.05. The summed E-state index contributed by atoms with van der Waals surface area (Å²) in [7, 11) is 0. The molecule has 0 aliphatic rings. The molecule has 2 rings (SSSR count). The molecular formula is C17H25N5S. The molecule has 0 bridgehead atoms. The molecule has 0 spiro atoms. The van der Waals surface area contributed by atoms with E-state index in [1.54, 1.807) is 11.3 Å². The van der Waals surface area contributed by atoms with Gasteiger partial charge in [-0.2, -0.15) is 11.3 Å². The van der Waals surface area contributed by atoms with E-state index in [1.807, 2.05) is 10.9 Å². The number of rotatable bonds is 9. The van der Waals surface area contributed by atoms with E-state index < -0.39 is 0 Å². The highest BCUT2D eigenvalue weighted by Gasteiger charge is 2.02. The predicted octanol–water partition coefficient (Wildman–Crippen LogP) is 3.58. The van der Waals surface area contributed by atoms with Crippen LogP contribution in [0.3, 0.4) is 0 Å². The van der Waals surface area contributed by atoms with Gasteiger partial charge in [-0.25, -0.2) is 4.99 Å². The van der Waals surface area contributed by atoms with Crippen molar-refractivity contribution >= 4 is 17.2 Å². The molecule has 0 atom stereocenters. The maximum Gasteiger partial charge on any atom is 0.0992 e. The zero-order chi connectivity index (χ0) is 16.5. The van der Waals surface area contributed by atoms with Gasteiger partial charge in [0.1, 0.15) is 0 Å². The molecule has 0 fully saturated rings. The minimum Gasteiger partial charge on any atom is -0.387 e. The third-order valence-corrected chi connectivity index (χ3v) is 4.23. The zero-order valence-corrected chi connectivity index (χ0v) is 14.7. The van der Waals surface area contributed by atoms with Gasteiger partial charge >= 0.3 is 0 Å². The van der Waals surface area contributed by atoms with Gasteiger partial charge in [-0.3, -0.25) is 4.68 Å². The summed E-state index contributed by atoms with van der Waals surface area (Å²) in [5.74, 6) is 0.708. The SMILES string of the molecule is CCCC(N)=N/C(=C/Cc1cn(CCc2ccsc2)nn1)CC. The number of thiophene rings is 1. The number of nitrogens with zero attached hydrogens (tertiary/aromatic N) is 4. The molecule has 0 saturated carbocycles. The molecule has 2 aromatic heterocycles.